The van der Waals surface area contributed by atoms with Crippen LogP contribution in [0.5, 0.6) is 0 Å². The molecule has 1 spiro atoms. The third kappa shape index (κ3) is 2.37. The Bertz CT molecular complexity index is 595. The third-order valence-corrected chi connectivity index (χ3v) is 4.21. The van der Waals surface area contributed by atoms with Gasteiger partial charge in [0.15, 0.2) is 0 Å². The van der Waals surface area contributed by atoms with E-state index in [-0.39, 0.29) is 12.5 Å². The number of benzene rings is 1. The average molecular weight is 288 g/mol. The van der Waals surface area contributed by atoms with Crippen molar-refractivity contribution in [2.24, 2.45) is 0 Å². The molecule has 1 saturated heterocycles. The third-order valence-electron chi connectivity index (χ3n) is 4.21. The van der Waals surface area contributed by atoms with Gasteiger partial charge in [-0.2, -0.15) is 0 Å². The van der Waals surface area contributed by atoms with Gasteiger partial charge in [0.2, 0.25) is 0 Å². The Morgan fingerprint density at radius 1 is 1.05 bits per heavy atom. The SMILES string of the molecule is O=C(O)C(=O)N1CCN(C(=O)c2ccccc2)CC12CC2. The Labute approximate surface area is 122 Å². The first-order valence-corrected chi connectivity index (χ1v) is 6.93. The molecule has 0 radical (unpaired) electrons. The summed E-state index contributed by atoms with van der Waals surface area (Å²) >= 11 is 0. The smallest absolute Gasteiger partial charge is 0.394 e. The van der Waals surface area contributed by atoms with Crippen molar-refractivity contribution >= 4 is 17.8 Å². The van der Waals surface area contributed by atoms with Crippen molar-refractivity contribution in [1.82, 2.24) is 9.80 Å². The summed E-state index contributed by atoms with van der Waals surface area (Å²) in [6.07, 6.45) is 1.51. The second-order valence-corrected chi connectivity index (χ2v) is 5.58. The van der Waals surface area contributed by atoms with Crippen molar-refractivity contribution in [2.75, 3.05) is 19.6 Å². The zero-order valence-corrected chi connectivity index (χ0v) is 11.5. The molecule has 0 atom stereocenters. The molecule has 2 aliphatic rings. The van der Waals surface area contributed by atoms with Crippen LogP contribution in [-0.2, 0) is 9.59 Å². The van der Waals surface area contributed by atoms with Gasteiger partial charge in [0.1, 0.15) is 0 Å². The number of amides is 2. The monoisotopic (exact) mass is 288 g/mol. The van der Waals surface area contributed by atoms with Crippen LogP contribution in [0.3, 0.4) is 0 Å². The highest BCUT2D eigenvalue weighted by atomic mass is 16.4. The molecular weight excluding hydrogens is 272 g/mol. The van der Waals surface area contributed by atoms with E-state index in [1.165, 1.54) is 4.90 Å². The first-order chi connectivity index (χ1) is 10.0. The molecular formula is C15H16N2O4. The molecule has 1 N–H and O–H groups in total. The number of carboxylic acid groups (broad SMARTS) is 1. The number of hydrogen-bond acceptors (Lipinski definition) is 3. The van der Waals surface area contributed by atoms with Crippen LogP contribution < -0.4 is 0 Å². The number of piperazine rings is 1. The number of carbonyl (C=O) groups excluding carboxylic acids is 2. The van der Waals surface area contributed by atoms with Gasteiger partial charge in [-0.1, -0.05) is 18.2 Å². The van der Waals surface area contributed by atoms with Gasteiger partial charge in [-0.3, -0.25) is 9.59 Å². The topological polar surface area (TPSA) is 77.9 Å². The van der Waals surface area contributed by atoms with E-state index in [1.54, 1.807) is 17.0 Å². The van der Waals surface area contributed by atoms with Crippen LogP contribution in [0.4, 0.5) is 0 Å². The van der Waals surface area contributed by atoms with Gasteiger partial charge in [-0.05, 0) is 25.0 Å². The molecule has 0 bridgehead atoms. The molecule has 110 valence electrons. The summed E-state index contributed by atoms with van der Waals surface area (Å²) in [7, 11) is 0. The van der Waals surface area contributed by atoms with Crippen molar-refractivity contribution in [1.29, 1.82) is 0 Å². The second kappa shape index (κ2) is 4.87. The van der Waals surface area contributed by atoms with Crippen molar-refractivity contribution in [3.05, 3.63) is 35.9 Å². The Morgan fingerprint density at radius 2 is 1.71 bits per heavy atom. The summed E-state index contributed by atoms with van der Waals surface area (Å²) < 4.78 is 0. The first-order valence-electron chi connectivity index (χ1n) is 6.93. The van der Waals surface area contributed by atoms with Crippen LogP contribution in [0, 0.1) is 0 Å². The molecule has 1 aliphatic heterocycles. The van der Waals surface area contributed by atoms with Crippen LogP contribution >= 0.6 is 0 Å². The van der Waals surface area contributed by atoms with E-state index in [2.05, 4.69) is 0 Å². The zero-order valence-electron chi connectivity index (χ0n) is 11.5. The van der Waals surface area contributed by atoms with Gasteiger partial charge in [0.05, 0.1) is 5.54 Å². The predicted molar refractivity (Wildman–Crippen MR) is 73.7 cm³/mol. The summed E-state index contributed by atoms with van der Waals surface area (Å²) in [5.41, 5.74) is 0.157. The maximum Gasteiger partial charge on any atom is 0.394 e. The predicted octanol–water partition coefficient (Wildman–Crippen LogP) is 0.588. The highest BCUT2D eigenvalue weighted by Gasteiger charge is 2.54. The molecule has 1 aliphatic carbocycles. The minimum atomic E-state index is -1.43. The van der Waals surface area contributed by atoms with E-state index < -0.39 is 17.4 Å². The molecule has 1 aromatic rings. The number of hydrogen-bond donors (Lipinski definition) is 1. The van der Waals surface area contributed by atoms with Crippen LogP contribution in [0.15, 0.2) is 30.3 Å². The van der Waals surface area contributed by atoms with Crippen LogP contribution in [-0.4, -0.2) is 57.9 Å². The molecule has 0 unspecified atom stereocenters. The van der Waals surface area contributed by atoms with Crippen LogP contribution in [0.2, 0.25) is 0 Å². The van der Waals surface area contributed by atoms with E-state index >= 15 is 0 Å². The largest absolute Gasteiger partial charge is 0.474 e. The number of carbonyl (C=O) groups is 3. The molecule has 6 nitrogen and oxygen atoms in total. The fourth-order valence-corrected chi connectivity index (χ4v) is 2.92. The summed E-state index contributed by atoms with van der Waals surface area (Å²) in [6, 6.07) is 8.99. The van der Waals surface area contributed by atoms with Gasteiger partial charge >= 0.3 is 11.9 Å². The van der Waals surface area contributed by atoms with Gasteiger partial charge in [-0.15, -0.1) is 0 Å². The maximum absolute atomic E-state index is 12.4. The molecule has 6 heteroatoms. The number of aliphatic carboxylic acids is 1. The lowest BCUT2D eigenvalue weighted by atomic mass is 10.1. The molecule has 1 heterocycles. The highest BCUT2D eigenvalue weighted by molar-refractivity contribution is 6.31. The quantitative estimate of drug-likeness (QED) is 0.767. The Morgan fingerprint density at radius 3 is 2.29 bits per heavy atom. The van der Waals surface area contributed by atoms with E-state index in [4.69, 9.17) is 5.11 Å². The van der Waals surface area contributed by atoms with Crippen molar-refractivity contribution in [3.8, 4) is 0 Å². The molecule has 2 fully saturated rings. The van der Waals surface area contributed by atoms with Crippen molar-refractivity contribution < 1.29 is 19.5 Å². The number of rotatable bonds is 1. The molecule has 1 aromatic carbocycles. The van der Waals surface area contributed by atoms with Crippen molar-refractivity contribution in [3.63, 3.8) is 0 Å². The minimum absolute atomic E-state index is 0.0655. The van der Waals surface area contributed by atoms with Crippen LogP contribution in [0.1, 0.15) is 23.2 Å². The molecule has 0 aromatic heterocycles. The lowest BCUT2D eigenvalue weighted by Gasteiger charge is -2.41. The maximum atomic E-state index is 12.4. The Balaban J connectivity index is 1.75. The van der Waals surface area contributed by atoms with E-state index in [0.717, 1.165) is 12.8 Å². The normalized spacial score (nSPS) is 19.4. The van der Waals surface area contributed by atoms with E-state index in [1.807, 2.05) is 18.2 Å². The van der Waals surface area contributed by atoms with Gasteiger partial charge in [0.25, 0.3) is 5.91 Å². The summed E-state index contributed by atoms with van der Waals surface area (Å²) in [6.45, 7) is 1.07. The standard InChI is InChI=1S/C15H16N2O4/c18-12(11-4-2-1-3-5-11)16-8-9-17(13(19)14(20)21)15(10-16)6-7-15/h1-5H,6-10H2,(H,20,21). The lowest BCUT2D eigenvalue weighted by Crippen LogP contribution is -2.59. The van der Waals surface area contributed by atoms with Crippen LogP contribution in [0.25, 0.3) is 0 Å². The van der Waals surface area contributed by atoms with Gasteiger partial charge in [-0.25, -0.2) is 4.79 Å². The Hall–Kier alpha value is -2.37. The fourth-order valence-electron chi connectivity index (χ4n) is 2.92. The molecule has 1 saturated carbocycles. The van der Waals surface area contributed by atoms with E-state index in [0.29, 0.717) is 18.7 Å². The molecule has 2 amide bonds. The number of carboxylic acids is 1. The fraction of sp³-hybridized carbons (Fsp3) is 0.400. The summed E-state index contributed by atoms with van der Waals surface area (Å²) in [5.74, 6) is -2.35. The number of nitrogens with zero attached hydrogens (tertiary/aromatic N) is 2. The lowest BCUT2D eigenvalue weighted by molar-refractivity contribution is -0.159. The zero-order chi connectivity index (χ0) is 15.0. The second-order valence-electron chi connectivity index (χ2n) is 5.58. The molecule has 21 heavy (non-hydrogen) atoms. The van der Waals surface area contributed by atoms with E-state index in [9.17, 15) is 14.4 Å². The average Bonchev–Trinajstić information content (AvgIpc) is 3.26. The molecule has 3 rings (SSSR count). The first kappa shape index (κ1) is 13.6. The van der Waals surface area contributed by atoms with Gasteiger partial charge < -0.3 is 14.9 Å². The summed E-state index contributed by atoms with van der Waals surface area (Å²) in [4.78, 5) is 38.2. The summed E-state index contributed by atoms with van der Waals surface area (Å²) in [5, 5.41) is 8.88. The Kier molecular flexibility index (Phi) is 3.16. The minimum Gasteiger partial charge on any atom is -0.474 e. The highest BCUT2D eigenvalue weighted by Crippen LogP contribution is 2.44. The van der Waals surface area contributed by atoms with Gasteiger partial charge in [0, 0.05) is 25.2 Å². The van der Waals surface area contributed by atoms with Crippen molar-refractivity contribution in [2.45, 2.75) is 18.4 Å².